The van der Waals surface area contributed by atoms with Crippen molar-refractivity contribution in [2.24, 2.45) is 0 Å². The third-order valence-corrected chi connectivity index (χ3v) is 6.14. The van der Waals surface area contributed by atoms with Crippen molar-refractivity contribution < 1.29 is 18.7 Å². The second-order valence-corrected chi connectivity index (χ2v) is 8.78. The summed E-state index contributed by atoms with van der Waals surface area (Å²) < 4.78 is 19.4. The lowest BCUT2D eigenvalue weighted by Crippen LogP contribution is -2.31. The summed E-state index contributed by atoms with van der Waals surface area (Å²) in [4.78, 5) is 29.4. The molecule has 1 aromatic heterocycles. The van der Waals surface area contributed by atoms with Gasteiger partial charge < -0.3 is 20.4 Å². The van der Waals surface area contributed by atoms with Crippen molar-refractivity contribution in [2.75, 3.05) is 20.7 Å². The molecule has 0 saturated carbocycles. The summed E-state index contributed by atoms with van der Waals surface area (Å²) in [5, 5.41) is 6.56. The van der Waals surface area contributed by atoms with Gasteiger partial charge in [0.25, 0.3) is 5.91 Å². The van der Waals surface area contributed by atoms with Crippen LogP contribution in [0.4, 0.5) is 4.39 Å². The van der Waals surface area contributed by atoms with Gasteiger partial charge in [0.05, 0.1) is 30.8 Å². The van der Waals surface area contributed by atoms with E-state index in [-0.39, 0.29) is 24.1 Å². The van der Waals surface area contributed by atoms with Crippen molar-refractivity contribution in [3.63, 3.8) is 0 Å². The summed E-state index contributed by atoms with van der Waals surface area (Å²) in [6.45, 7) is 1.81. The zero-order valence-electron chi connectivity index (χ0n) is 21.4. The number of methoxy groups -OCH3 is 1. The van der Waals surface area contributed by atoms with Gasteiger partial charge in [-0.2, -0.15) is 0 Å². The fraction of sp³-hybridized carbons (Fsp3) is 0.161. The molecule has 1 unspecified atom stereocenters. The number of rotatable bonds is 9. The highest BCUT2D eigenvalue weighted by Gasteiger charge is 2.22. The number of Topliss-reactive ketones (excluding diaryl/α,β-unsaturated/α-hetero) is 1. The van der Waals surface area contributed by atoms with Crippen molar-refractivity contribution in [2.45, 2.75) is 13.0 Å². The first-order valence-corrected chi connectivity index (χ1v) is 12.1. The lowest BCUT2D eigenvalue weighted by atomic mass is 9.91. The van der Waals surface area contributed by atoms with Crippen LogP contribution in [0.25, 0.3) is 33.4 Å². The molecule has 4 aromatic rings. The number of H-pyrrole nitrogens is 1. The minimum absolute atomic E-state index is 0.0763. The molecule has 3 aromatic carbocycles. The van der Waals surface area contributed by atoms with Crippen molar-refractivity contribution in [3.05, 3.63) is 95.4 Å². The first-order valence-electron chi connectivity index (χ1n) is 12.1. The Morgan fingerprint density at radius 1 is 1.05 bits per heavy atom. The smallest absolute Gasteiger partial charge is 0.252 e. The van der Waals surface area contributed by atoms with Crippen LogP contribution in [0.15, 0.2) is 72.9 Å². The number of terminal acetylenes is 1. The standard InChI is InChI=1S/C31H28FN3O3/c1-5-19(2)35-31(37)23-8-6-7-21(15-23)26-17-24(16-22-13-14-34-29(22)26)28(27(36)18-33-3)30(38-4)20-9-11-25(32)12-10-20/h1,6-17,19,33-34H,18H2,2-4H3,(H,35,37)/b30-28+. The van der Waals surface area contributed by atoms with Gasteiger partial charge in [0.1, 0.15) is 11.6 Å². The van der Waals surface area contributed by atoms with Gasteiger partial charge in [-0.15, -0.1) is 6.42 Å². The Labute approximate surface area is 220 Å². The Bertz CT molecular complexity index is 1560. The lowest BCUT2D eigenvalue weighted by Gasteiger charge is -2.16. The molecule has 0 radical (unpaired) electrons. The van der Waals surface area contributed by atoms with Crippen molar-refractivity contribution in [3.8, 4) is 23.5 Å². The Kier molecular flexibility index (Phi) is 8.05. The van der Waals surface area contributed by atoms with Crippen LogP contribution in [0, 0.1) is 18.2 Å². The molecule has 0 aliphatic heterocycles. The van der Waals surface area contributed by atoms with Gasteiger partial charge in [0.15, 0.2) is 5.78 Å². The SMILES string of the molecule is C#CC(C)NC(=O)c1cccc(-c2cc(/C(C(=O)CNC)=C(\OC)c3ccc(F)cc3)cc3cc[nH]c23)c1. The molecule has 0 spiro atoms. The molecular formula is C31H28FN3O3. The summed E-state index contributed by atoms with van der Waals surface area (Å²) in [6.07, 6.45) is 7.23. The maximum atomic E-state index is 13.6. The topological polar surface area (TPSA) is 83.2 Å². The molecule has 192 valence electrons. The molecule has 0 bridgehead atoms. The van der Waals surface area contributed by atoms with E-state index in [1.807, 2.05) is 30.5 Å². The average Bonchev–Trinajstić information content (AvgIpc) is 3.40. The summed E-state index contributed by atoms with van der Waals surface area (Å²) in [5.41, 5.74) is 4.45. The normalized spacial score (nSPS) is 12.4. The molecule has 0 aliphatic carbocycles. The summed E-state index contributed by atoms with van der Waals surface area (Å²) in [5.74, 6) is 1.98. The van der Waals surface area contributed by atoms with E-state index in [1.165, 1.54) is 19.2 Å². The molecule has 0 aliphatic rings. The Balaban J connectivity index is 1.92. The number of benzene rings is 3. The van der Waals surface area contributed by atoms with Gasteiger partial charge in [-0.05, 0) is 79.7 Å². The third-order valence-electron chi connectivity index (χ3n) is 6.14. The third kappa shape index (κ3) is 5.51. The summed E-state index contributed by atoms with van der Waals surface area (Å²) in [7, 11) is 3.18. The minimum atomic E-state index is -0.408. The Hall–Kier alpha value is -4.67. The number of nitrogens with one attached hydrogen (secondary N) is 3. The fourth-order valence-electron chi connectivity index (χ4n) is 4.33. The quantitative estimate of drug-likeness (QED) is 0.128. The van der Waals surface area contributed by atoms with E-state index in [2.05, 4.69) is 21.5 Å². The number of aromatic nitrogens is 1. The molecule has 3 N–H and O–H groups in total. The molecule has 7 heteroatoms. The van der Waals surface area contributed by atoms with Crippen LogP contribution in [0.3, 0.4) is 0 Å². The van der Waals surface area contributed by atoms with Gasteiger partial charge >= 0.3 is 0 Å². The number of ketones is 1. The second-order valence-electron chi connectivity index (χ2n) is 8.78. The Morgan fingerprint density at radius 3 is 2.50 bits per heavy atom. The number of ether oxygens (including phenoxy) is 1. The van der Waals surface area contributed by atoms with Crippen LogP contribution in [0.5, 0.6) is 0 Å². The van der Waals surface area contributed by atoms with E-state index in [0.717, 1.165) is 22.0 Å². The zero-order valence-corrected chi connectivity index (χ0v) is 21.4. The highest BCUT2D eigenvalue weighted by molar-refractivity contribution is 6.28. The second kappa shape index (κ2) is 11.6. The van der Waals surface area contributed by atoms with E-state index < -0.39 is 6.04 Å². The van der Waals surface area contributed by atoms with Crippen LogP contribution in [-0.2, 0) is 9.53 Å². The largest absolute Gasteiger partial charge is 0.495 e. The maximum Gasteiger partial charge on any atom is 0.252 e. The maximum absolute atomic E-state index is 13.6. The number of amides is 1. The van der Waals surface area contributed by atoms with Gasteiger partial charge in [0, 0.05) is 28.3 Å². The van der Waals surface area contributed by atoms with Crippen LogP contribution in [0.1, 0.15) is 28.4 Å². The minimum Gasteiger partial charge on any atom is -0.495 e. The van der Waals surface area contributed by atoms with E-state index in [9.17, 15) is 14.0 Å². The first kappa shape index (κ1) is 26.4. The van der Waals surface area contributed by atoms with Crippen molar-refractivity contribution in [1.82, 2.24) is 15.6 Å². The molecule has 38 heavy (non-hydrogen) atoms. The number of halogens is 1. The van der Waals surface area contributed by atoms with Crippen molar-refractivity contribution >= 4 is 33.9 Å². The predicted octanol–water partition coefficient (Wildman–Crippen LogP) is 5.03. The zero-order chi connectivity index (χ0) is 27.2. The first-order chi connectivity index (χ1) is 18.4. The van der Waals surface area contributed by atoms with Gasteiger partial charge in [-0.3, -0.25) is 9.59 Å². The number of hydrogen-bond donors (Lipinski definition) is 3. The predicted molar refractivity (Wildman–Crippen MR) is 149 cm³/mol. The number of hydrogen-bond acceptors (Lipinski definition) is 4. The molecule has 6 nitrogen and oxygen atoms in total. The van der Waals surface area contributed by atoms with E-state index in [1.54, 1.807) is 44.3 Å². The number of carbonyl (C=O) groups is 2. The number of aromatic amines is 1. The molecule has 4 rings (SSSR count). The van der Waals surface area contributed by atoms with E-state index in [0.29, 0.717) is 28.0 Å². The Morgan fingerprint density at radius 2 is 1.82 bits per heavy atom. The van der Waals surface area contributed by atoms with Gasteiger partial charge in [-0.1, -0.05) is 18.1 Å². The fourth-order valence-corrected chi connectivity index (χ4v) is 4.33. The highest BCUT2D eigenvalue weighted by atomic mass is 19.1. The van der Waals surface area contributed by atoms with Crippen LogP contribution in [-0.4, -0.2) is 43.4 Å². The van der Waals surface area contributed by atoms with E-state index >= 15 is 0 Å². The van der Waals surface area contributed by atoms with Crippen LogP contribution < -0.4 is 10.6 Å². The van der Waals surface area contributed by atoms with E-state index in [4.69, 9.17) is 11.2 Å². The van der Waals surface area contributed by atoms with Gasteiger partial charge in [0.2, 0.25) is 0 Å². The molecular weight excluding hydrogens is 481 g/mol. The van der Waals surface area contributed by atoms with Crippen LogP contribution in [0.2, 0.25) is 0 Å². The van der Waals surface area contributed by atoms with Gasteiger partial charge in [-0.25, -0.2) is 4.39 Å². The van der Waals surface area contributed by atoms with Crippen LogP contribution >= 0.6 is 0 Å². The summed E-state index contributed by atoms with van der Waals surface area (Å²) in [6, 6.07) is 18.3. The number of carbonyl (C=O) groups excluding carboxylic acids is 2. The molecule has 1 heterocycles. The van der Waals surface area contributed by atoms with Crippen molar-refractivity contribution in [1.29, 1.82) is 0 Å². The molecule has 0 fully saturated rings. The molecule has 1 amide bonds. The summed E-state index contributed by atoms with van der Waals surface area (Å²) >= 11 is 0. The lowest BCUT2D eigenvalue weighted by molar-refractivity contribution is -0.112. The highest BCUT2D eigenvalue weighted by Crippen LogP contribution is 2.35. The number of likely N-dealkylation sites (N-methyl/N-ethyl adjacent to an activating group) is 1. The average molecular weight is 510 g/mol. The molecule has 1 atom stereocenters. The number of fused-ring (bicyclic) bond motifs is 1. The monoisotopic (exact) mass is 509 g/mol. The molecule has 0 saturated heterocycles.